The van der Waals surface area contributed by atoms with Crippen molar-refractivity contribution in [2.75, 3.05) is 32.6 Å². The molecule has 0 bridgehead atoms. The summed E-state index contributed by atoms with van der Waals surface area (Å²) in [4.78, 5) is 32.0. The second-order valence-corrected chi connectivity index (χ2v) is 9.41. The number of carbonyl (C=O) groups excluding carboxylic acids is 2. The lowest BCUT2D eigenvalue weighted by atomic mass is 9.88. The van der Waals surface area contributed by atoms with E-state index in [2.05, 4.69) is 34.6 Å². The highest BCUT2D eigenvalue weighted by Gasteiger charge is 2.25. The molecule has 1 saturated heterocycles. The van der Waals surface area contributed by atoms with E-state index in [9.17, 15) is 9.59 Å². The van der Waals surface area contributed by atoms with Gasteiger partial charge in [0, 0.05) is 54.9 Å². The molecule has 196 valence electrons. The fourth-order valence-corrected chi connectivity index (χ4v) is 4.73. The van der Waals surface area contributed by atoms with Crippen LogP contribution in [-0.2, 0) is 0 Å². The number of ether oxygens (including phenoxy) is 1. The van der Waals surface area contributed by atoms with Gasteiger partial charge in [0.2, 0.25) is 0 Å². The van der Waals surface area contributed by atoms with E-state index in [1.165, 1.54) is 5.56 Å². The van der Waals surface area contributed by atoms with Gasteiger partial charge in [0.05, 0.1) is 7.11 Å². The van der Waals surface area contributed by atoms with Crippen LogP contribution in [0.5, 0.6) is 5.75 Å². The zero-order valence-corrected chi connectivity index (χ0v) is 22.1. The van der Waals surface area contributed by atoms with Crippen molar-refractivity contribution in [1.29, 1.82) is 0 Å². The zero-order chi connectivity index (χ0) is 27.1. The number of aliphatic imine (C=N–C) groups is 1. The first-order valence-corrected chi connectivity index (χ1v) is 12.7. The number of hydrogen-bond acceptors (Lipinski definition) is 5. The third kappa shape index (κ3) is 6.11. The third-order valence-electron chi connectivity index (χ3n) is 7.03. The zero-order valence-electron chi connectivity index (χ0n) is 22.1. The average Bonchev–Trinajstić information content (AvgIpc) is 2.97. The van der Waals surface area contributed by atoms with Crippen molar-refractivity contribution in [1.82, 2.24) is 4.90 Å². The predicted molar refractivity (Wildman–Crippen MR) is 153 cm³/mol. The van der Waals surface area contributed by atoms with Gasteiger partial charge < -0.3 is 20.7 Å². The fourth-order valence-electron chi connectivity index (χ4n) is 4.73. The quantitative estimate of drug-likeness (QED) is 0.423. The van der Waals surface area contributed by atoms with Gasteiger partial charge in [-0.3, -0.25) is 14.6 Å². The van der Waals surface area contributed by atoms with Crippen LogP contribution in [0.4, 0.5) is 5.69 Å². The minimum absolute atomic E-state index is 0.0182. The summed E-state index contributed by atoms with van der Waals surface area (Å²) in [6.07, 6.45) is 5.11. The number of nitrogens with one attached hydrogen (secondary N) is 1. The van der Waals surface area contributed by atoms with Crippen LogP contribution >= 0.6 is 0 Å². The third-order valence-corrected chi connectivity index (χ3v) is 7.03. The SMILES string of the molecule is CN=CC(=CN)c1ccc(C2CCN(C(=O)c3ccc(C)c(NC(=O)c4ccc(OC)cc4)c3)CC2)cc1. The van der Waals surface area contributed by atoms with Crippen molar-refractivity contribution in [3.8, 4) is 5.75 Å². The highest BCUT2D eigenvalue weighted by Crippen LogP contribution is 2.30. The summed E-state index contributed by atoms with van der Waals surface area (Å²) in [7, 11) is 3.31. The van der Waals surface area contributed by atoms with Gasteiger partial charge in [0.15, 0.2) is 0 Å². The van der Waals surface area contributed by atoms with Crippen molar-refractivity contribution >= 4 is 29.3 Å². The van der Waals surface area contributed by atoms with E-state index >= 15 is 0 Å². The number of methoxy groups -OCH3 is 1. The molecule has 7 nitrogen and oxygen atoms in total. The summed E-state index contributed by atoms with van der Waals surface area (Å²) in [6.45, 7) is 3.28. The lowest BCUT2D eigenvalue weighted by Gasteiger charge is -2.32. The Bertz CT molecular complexity index is 1340. The second kappa shape index (κ2) is 12.2. The molecule has 0 aromatic heterocycles. The molecule has 0 aliphatic carbocycles. The molecule has 7 heteroatoms. The Kier molecular flexibility index (Phi) is 8.58. The van der Waals surface area contributed by atoms with Crippen LogP contribution in [0.1, 0.15) is 56.2 Å². The molecule has 0 atom stereocenters. The molecule has 0 unspecified atom stereocenters. The Morgan fingerprint density at radius 1 is 0.974 bits per heavy atom. The maximum absolute atomic E-state index is 13.3. The number of anilines is 1. The van der Waals surface area contributed by atoms with Gasteiger partial charge in [0.25, 0.3) is 11.8 Å². The number of nitrogens with zero attached hydrogens (tertiary/aromatic N) is 2. The van der Waals surface area contributed by atoms with Gasteiger partial charge >= 0.3 is 0 Å². The van der Waals surface area contributed by atoms with Crippen LogP contribution in [-0.4, -0.2) is 50.2 Å². The van der Waals surface area contributed by atoms with Gasteiger partial charge in [-0.1, -0.05) is 30.3 Å². The van der Waals surface area contributed by atoms with E-state index in [1.807, 2.05) is 24.0 Å². The molecule has 1 aliphatic rings. The van der Waals surface area contributed by atoms with Gasteiger partial charge in [-0.05, 0) is 78.8 Å². The predicted octanol–water partition coefficient (Wildman–Crippen LogP) is 5.28. The molecule has 38 heavy (non-hydrogen) atoms. The Morgan fingerprint density at radius 3 is 2.21 bits per heavy atom. The minimum Gasteiger partial charge on any atom is -0.497 e. The smallest absolute Gasteiger partial charge is 0.255 e. The van der Waals surface area contributed by atoms with E-state index in [-0.39, 0.29) is 11.8 Å². The summed E-state index contributed by atoms with van der Waals surface area (Å²) < 4.78 is 5.16. The molecular formula is C31H34N4O3. The summed E-state index contributed by atoms with van der Waals surface area (Å²) in [5.41, 5.74) is 11.5. The molecule has 3 N–H and O–H groups in total. The van der Waals surface area contributed by atoms with Crippen molar-refractivity contribution in [2.24, 2.45) is 10.7 Å². The highest BCUT2D eigenvalue weighted by atomic mass is 16.5. The van der Waals surface area contributed by atoms with Gasteiger partial charge in [-0.15, -0.1) is 0 Å². The Balaban J connectivity index is 1.39. The average molecular weight is 511 g/mol. The maximum atomic E-state index is 13.3. The van der Waals surface area contributed by atoms with E-state index in [0.717, 1.165) is 29.5 Å². The van der Waals surface area contributed by atoms with Crippen LogP contribution in [0.2, 0.25) is 0 Å². The molecule has 1 heterocycles. The Morgan fingerprint density at radius 2 is 1.61 bits per heavy atom. The van der Waals surface area contributed by atoms with Crippen molar-refractivity contribution in [3.05, 3.63) is 101 Å². The van der Waals surface area contributed by atoms with E-state index in [4.69, 9.17) is 10.5 Å². The van der Waals surface area contributed by atoms with Crippen LogP contribution < -0.4 is 15.8 Å². The van der Waals surface area contributed by atoms with Crippen LogP contribution in [0.25, 0.3) is 5.57 Å². The van der Waals surface area contributed by atoms with Crippen LogP contribution in [0.3, 0.4) is 0 Å². The van der Waals surface area contributed by atoms with Gasteiger partial charge in [-0.25, -0.2) is 0 Å². The standard InChI is InChI=1S/C31H34N4O3/c1-21-4-5-26(18-29(21)34-30(36)25-10-12-28(38-3)13-11-25)31(37)35-16-14-24(15-17-35)22-6-8-23(9-7-22)27(19-32)20-33-2/h4-13,18-20,24H,14-17,32H2,1-3H3,(H,34,36). The number of allylic oxidation sites excluding steroid dienone is 1. The van der Waals surface area contributed by atoms with Crippen LogP contribution in [0.15, 0.2) is 77.9 Å². The molecule has 3 aromatic carbocycles. The number of amides is 2. The van der Waals surface area contributed by atoms with Crippen LogP contribution in [0, 0.1) is 6.92 Å². The molecule has 0 radical (unpaired) electrons. The van der Waals surface area contributed by atoms with Gasteiger partial charge in [0.1, 0.15) is 5.75 Å². The molecule has 4 rings (SSSR count). The van der Waals surface area contributed by atoms with Crippen molar-refractivity contribution < 1.29 is 14.3 Å². The number of aryl methyl sites for hydroxylation is 1. The monoisotopic (exact) mass is 510 g/mol. The first kappa shape index (κ1) is 26.7. The van der Waals surface area contributed by atoms with E-state index < -0.39 is 0 Å². The highest BCUT2D eigenvalue weighted by molar-refractivity contribution is 6.09. The number of carbonyl (C=O) groups is 2. The molecule has 0 saturated carbocycles. The van der Waals surface area contributed by atoms with Crippen molar-refractivity contribution in [2.45, 2.75) is 25.7 Å². The Hall–Kier alpha value is -4.39. The number of benzene rings is 3. The molecule has 3 aromatic rings. The number of hydrogen-bond donors (Lipinski definition) is 2. The number of rotatable bonds is 7. The first-order chi connectivity index (χ1) is 18.4. The summed E-state index contributed by atoms with van der Waals surface area (Å²) >= 11 is 0. The van der Waals surface area contributed by atoms with Crippen molar-refractivity contribution in [3.63, 3.8) is 0 Å². The van der Waals surface area contributed by atoms with E-state index in [0.29, 0.717) is 41.6 Å². The number of likely N-dealkylation sites (tertiary alicyclic amines) is 1. The molecular weight excluding hydrogens is 476 g/mol. The summed E-state index contributed by atoms with van der Waals surface area (Å²) in [5.74, 6) is 0.833. The van der Waals surface area contributed by atoms with Gasteiger partial charge in [-0.2, -0.15) is 0 Å². The number of nitrogens with two attached hydrogens (primary N) is 1. The largest absolute Gasteiger partial charge is 0.497 e. The lowest BCUT2D eigenvalue weighted by molar-refractivity contribution is 0.0712. The summed E-state index contributed by atoms with van der Waals surface area (Å²) in [6, 6.07) is 20.8. The second-order valence-electron chi connectivity index (χ2n) is 9.41. The Labute approximate surface area is 224 Å². The van der Waals surface area contributed by atoms with E-state index in [1.54, 1.807) is 56.9 Å². The number of piperidine rings is 1. The topological polar surface area (TPSA) is 97.0 Å². The maximum Gasteiger partial charge on any atom is 0.255 e. The molecule has 2 amide bonds. The normalized spacial score (nSPS) is 14.5. The minimum atomic E-state index is -0.233. The first-order valence-electron chi connectivity index (χ1n) is 12.7. The summed E-state index contributed by atoms with van der Waals surface area (Å²) in [5, 5.41) is 2.94. The molecule has 1 fully saturated rings. The molecule has 0 spiro atoms. The lowest BCUT2D eigenvalue weighted by Crippen LogP contribution is -2.38. The fraction of sp³-hybridized carbons (Fsp3) is 0.258. The molecule has 1 aliphatic heterocycles.